The molecule has 0 unspecified atom stereocenters. The van der Waals surface area contributed by atoms with Crippen LogP contribution in [-0.4, -0.2) is 16.0 Å². The molecule has 0 spiro atoms. The number of terminal acetylenes is 1. The average molecular weight is 310 g/mol. The predicted octanol–water partition coefficient (Wildman–Crippen LogP) is 4.65. The Kier molecular flexibility index (Phi) is 3.91. The Balaban J connectivity index is 2.26. The zero-order valence-electron chi connectivity index (χ0n) is 12.2. The van der Waals surface area contributed by atoms with Crippen LogP contribution in [0.1, 0.15) is 18.1 Å². The molecule has 0 aliphatic heterocycles. The first-order chi connectivity index (χ1) is 10.6. The lowest BCUT2D eigenvalue weighted by Gasteiger charge is -2.11. The van der Waals surface area contributed by atoms with Crippen molar-refractivity contribution in [2.45, 2.75) is 13.3 Å². The van der Waals surface area contributed by atoms with Crippen molar-refractivity contribution in [3.63, 3.8) is 0 Å². The van der Waals surface area contributed by atoms with E-state index in [0.717, 1.165) is 44.3 Å². The SMILES string of the molecule is C#Cc1c(F)ccc2cc3[nH]ncc3c(CCSC(=C)C)c12. The molecule has 0 saturated carbocycles. The summed E-state index contributed by atoms with van der Waals surface area (Å²) in [4.78, 5) is 1.06. The van der Waals surface area contributed by atoms with E-state index in [1.54, 1.807) is 24.0 Å². The van der Waals surface area contributed by atoms with Gasteiger partial charge in [-0.05, 0) is 41.3 Å². The van der Waals surface area contributed by atoms with Crippen molar-refractivity contribution in [2.75, 3.05) is 5.75 Å². The van der Waals surface area contributed by atoms with Crippen molar-refractivity contribution in [3.8, 4) is 12.3 Å². The topological polar surface area (TPSA) is 28.7 Å². The first-order valence-corrected chi connectivity index (χ1v) is 7.92. The smallest absolute Gasteiger partial charge is 0.139 e. The number of hydrogen-bond acceptors (Lipinski definition) is 2. The van der Waals surface area contributed by atoms with Gasteiger partial charge in [-0.2, -0.15) is 5.10 Å². The minimum Gasteiger partial charge on any atom is -0.278 e. The van der Waals surface area contributed by atoms with E-state index >= 15 is 0 Å². The monoisotopic (exact) mass is 310 g/mol. The van der Waals surface area contributed by atoms with E-state index in [2.05, 4.69) is 22.7 Å². The van der Waals surface area contributed by atoms with Gasteiger partial charge in [0.05, 0.1) is 17.3 Å². The number of thioether (sulfide) groups is 1. The van der Waals surface area contributed by atoms with Crippen LogP contribution in [0.25, 0.3) is 21.7 Å². The first-order valence-electron chi connectivity index (χ1n) is 6.94. The molecule has 2 nitrogen and oxygen atoms in total. The van der Waals surface area contributed by atoms with Gasteiger partial charge in [0.1, 0.15) is 5.82 Å². The van der Waals surface area contributed by atoms with Gasteiger partial charge in [0.2, 0.25) is 0 Å². The summed E-state index contributed by atoms with van der Waals surface area (Å²) in [6.45, 7) is 5.88. The highest BCUT2D eigenvalue weighted by atomic mass is 32.2. The second kappa shape index (κ2) is 5.86. The zero-order valence-corrected chi connectivity index (χ0v) is 13.1. The second-order valence-electron chi connectivity index (χ2n) is 5.15. The maximum absolute atomic E-state index is 14.1. The van der Waals surface area contributed by atoms with Gasteiger partial charge in [-0.3, -0.25) is 5.10 Å². The predicted molar refractivity (Wildman–Crippen MR) is 92.5 cm³/mol. The molecule has 1 aromatic heterocycles. The van der Waals surface area contributed by atoms with Crippen LogP contribution < -0.4 is 0 Å². The van der Waals surface area contributed by atoms with Gasteiger partial charge in [-0.15, -0.1) is 18.2 Å². The standard InChI is InChI=1S/C18H15FN2S/c1-4-13-16(19)6-5-12-9-17-15(10-20-21-17)14(18(12)13)7-8-22-11(2)3/h1,5-6,9-10H,2,7-8H2,3H3,(H,20,21). The molecule has 0 amide bonds. The van der Waals surface area contributed by atoms with Gasteiger partial charge in [0.25, 0.3) is 0 Å². The molecule has 0 atom stereocenters. The third kappa shape index (κ3) is 2.49. The van der Waals surface area contributed by atoms with Crippen LogP contribution in [0.4, 0.5) is 4.39 Å². The third-order valence-electron chi connectivity index (χ3n) is 3.63. The maximum Gasteiger partial charge on any atom is 0.139 e. The van der Waals surface area contributed by atoms with Gasteiger partial charge in [0.15, 0.2) is 0 Å². The Labute approximate surface area is 132 Å². The summed E-state index contributed by atoms with van der Waals surface area (Å²) in [7, 11) is 0. The molecule has 110 valence electrons. The van der Waals surface area contributed by atoms with Crippen LogP contribution >= 0.6 is 11.8 Å². The van der Waals surface area contributed by atoms with E-state index < -0.39 is 0 Å². The number of H-pyrrole nitrogens is 1. The van der Waals surface area contributed by atoms with Crippen LogP contribution in [0.15, 0.2) is 35.9 Å². The fourth-order valence-electron chi connectivity index (χ4n) is 2.70. The molecule has 0 bridgehead atoms. The number of rotatable bonds is 4. The highest BCUT2D eigenvalue weighted by molar-refractivity contribution is 8.03. The molecule has 0 saturated heterocycles. The molecule has 0 fully saturated rings. The number of halogens is 1. The average Bonchev–Trinajstić information content (AvgIpc) is 2.94. The number of allylic oxidation sites excluding steroid dienone is 1. The minimum atomic E-state index is -0.355. The summed E-state index contributed by atoms with van der Waals surface area (Å²) in [5.41, 5.74) is 2.32. The van der Waals surface area contributed by atoms with Gasteiger partial charge in [-0.1, -0.05) is 18.6 Å². The zero-order chi connectivity index (χ0) is 15.7. The number of fused-ring (bicyclic) bond motifs is 2. The van der Waals surface area contributed by atoms with Crippen LogP contribution in [0.3, 0.4) is 0 Å². The molecule has 0 aliphatic carbocycles. The van der Waals surface area contributed by atoms with E-state index in [-0.39, 0.29) is 5.82 Å². The summed E-state index contributed by atoms with van der Waals surface area (Å²) < 4.78 is 14.1. The molecule has 0 radical (unpaired) electrons. The van der Waals surface area contributed by atoms with E-state index in [9.17, 15) is 4.39 Å². The van der Waals surface area contributed by atoms with E-state index in [0.29, 0.717) is 5.56 Å². The number of benzene rings is 2. The van der Waals surface area contributed by atoms with Gasteiger partial charge < -0.3 is 0 Å². The molecule has 2 aromatic carbocycles. The van der Waals surface area contributed by atoms with Crippen molar-refractivity contribution in [1.29, 1.82) is 0 Å². The largest absolute Gasteiger partial charge is 0.278 e. The molecular formula is C18H15FN2S. The highest BCUT2D eigenvalue weighted by Crippen LogP contribution is 2.32. The number of aromatic nitrogens is 2. The van der Waals surface area contributed by atoms with Gasteiger partial charge in [-0.25, -0.2) is 4.39 Å². The van der Waals surface area contributed by atoms with E-state index in [1.807, 2.05) is 13.0 Å². The quantitative estimate of drug-likeness (QED) is 0.711. The Morgan fingerprint density at radius 3 is 3.05 bits per heavy atom. The molecule has 22 heavy (non-hydrogen) atoms. The lowest BCUT2D eigenvalue weighted by Crippen LogP contribution is -1.96. The highest BCUT2D eigenvalue weighted by Gasteiger charge is 2.14. The van der Waals surface area contributed by atoms with E-state index in [1.165, 1.54) is 6.07 Å². The molecular weight excluding hydrogens is 295 g/mol. The van der Waals surface area contributed by atoms with Crippen molar-refractivity contribution in [3.05, 3.63) is 52.8 Å². The summed E-state index contributed by atoms with van der Waals surface area (Å²) in [6, 6.07) is 5.15. The van der Waals surface area contributed by atoms with Crippen LogP contribution in [0.2, 0.25) is 0 Å². The Morgan fingerprint density at radius 1 is 1.50 bits per heavy atom. The molecule has 1 heterocycles. The van der Waals surface area contributed by atoms with Gasteiger partial charge >= 0.3 is 0 Å². The third-order valence-corrected chi connectivity index (χ3v) is 4.53. The lowest BCUT2D eigenvalue weighted by molar-refractivity contribution is 0.626. The minimum absolute atomic E-state index is 0.330. The van der Waals surface area contributed by atoms with Gasteiger partial charge in [0, 0.05) is 16.5 Å². The maximum atomic E-state index is 14.1. The number of nitrogens with one attached hydrogen (secondary N) is 1. The van der Waals surface area contributed by atoms with E-state index in [4.69, 9.17) is 6.42 Å². The number of aryl methyl sites for hydroxylation is 1. The Bertz CT molecular complexity index is 918. The van der Waals surface area contributed by atoms with Crippen molar-refractivity contribution >= 4 is 33.4 Å². The number of hydrogen-bond donors (Lipinski definition) is 1. The van der Waals surface area contributed by atoms with Crippen LogP contribution in [0, 0.1) is 18.2 Å². The fourth-order valence-corrected chi connectivity index (χ4v) is 3.36. The fraction of sp³-hybridized carbons (Fsp3) is 0.167. The summed E-state index contributed by atoms with van der Waals surface area (Å²) in [6.07, 6.45) is 8.11. The molecule has 3 aromatic rings. The van der Waals surface area contributed by atoms with Crippen LogP contribution in [-0.2, 0) is 6.42 Å². The van der Waals surface area contributed by atoms with Crippen molar-refractivity contribution < 1.29 is 4.39 Å². The molecule has 0 aliphatic rings. The van der Waals surface area contributed by atoms with Crippen LogP contribution in [0.5, 0.6) is 0 Å². The summed E-state index contributed by atoms with van der Waals surface area (Å²) >= 11 is 1.69. The van der Waals surface area contributed by atoms with Crippen molar-refractivity contribution in [1.82, 2.24) is 10.2 Å². The Morgan fingerprint density at radius 2 is 2.32 bits per heavy atom. The second-order valence-corrected chi connectivity index (χ2v) is 6.55. The summed E-state index contributed by atoms with van der Waals surface area (Å²) in [5, 5.41) is 9.84. The molecule has 1 N–H and O–H groups in total. The molecule has 4 heteroatoms. The lowest BCUT2D eigenvalue weighted by atomic mass is 9.95. The number of aromatic amines is 1. The normalized spacial score (nSPS) is 11.0. The Hall–Kier alpha value is -2.25. The summed E-state index contributed by atoms with van der Waals surface area (Å²) in [5.74, 6) is 3.02. The van der Waals surface area contributed by atoms with Crippen molar-refractivity contribution in [2.24, 2.45) is 0 Å². The first kappa shape index (κ1) is 14.7. The molecule has 3 rings (SSSR count). The number of nitrogens with zero attached hydrogens (tertiary/aromatic N) is 1.